The summed E-state index contributed by atoms with van der Waals surface area (Å²) in [5, 5.41) is 4.58. The van der Waals surface area contributed by atoms with E-state index >= 15 is 0 Å². The zero-order chi connectivity index (χ0) is 10.2. The summed E-state index contributed by atoms with van der Waals surface area (Å²) in [4.78, 5) is 0. The van der Waals surface area contributed by atoms with Gasteiger partial charge < -0.3 is 0 Å². The van der Waals surface area contributed by atoms with E-state index in [4.69, 9.17) is 0 Å². The summed E-state index contributed by atoms with van der Waals surface area (Å²) < 4.78 is 0. The normalized spacial score (nSPS) is 10.1. The standard InChI is InChI=1S/C13H20N/c1-3-4-5-8-11-14-13-10-7-6-9-12(13)2/h6-7,9-10H,3-5,8,11H2,1-2H3. The van der Waals surface area contributed by atoms with Crippen LogP contribution in [0.3, 0.4) is 0 Å². The van der Waals surface area contributed by atoms with E-state index in [0.717, 1.165) is 12.2 Å². The van der Waals surface area contributed by atoms with E-state index in [1.165, 1.54) is 31.2 Å². The minimum Gasteiger partial charge on any atom is -0.285 e. The van der Waals surface area contributed by atoms with Gasteiger partial charge in [-0.3, -0.25) is 5.32 Å². The van der Waals surface area contributed by atoms with Gasteiger partial charge in [0, 0.05) is 6.54 Å². The summed E-state index contributed by atoms with van der Waals surface area (Å²) >= 11 is 0. The minimum atomic E-state index is 0.977. The first kappa shape index (κ1) is 11.1. The van der Waals surface area contributed by atoms with E-state index in [-0.39, 0.29) is 0 Å². The van der Waals surface area contributed by atoms with Gasteiger partial charge in [-0.15, -0.1) is 0 Å². The van der Waals surface area contributed by atoms with Crippen molar-refractivity contribution in [1.29, 1.82) is 0 Å². The van der Waals surface area contributed by atoms with E-state index in [9.17, 15) is 0 Å². The van der Waals surface area contributed by atoms with Crippen molar-refractivity contribution >= 4 is 5.69 Å². The van der Waals surface area contributed by atoms with Gasteiger partial charge in [0.1, 0.15) is 0 Å². The number of nitrogens with zero attached hydrogens (tertiary/aromatic N) is 1. The van der Waals surface area contributed by atoms with Crippen LogP contribution in [0.4, 0.5) is 5.69 Å². The summed E-state index contributed by atoms with van der Waals surface area (Å²) in [5.74, 6) is 0. The molecule has 0 aromatic heterocycles. The maximum absolute atomic E-state index is 4.58. The van der Waals surface area contributed by atoms with E-state index in [1.807, 2.05) is 0 Å². The topological polar surface area (TPSA) is 14.1 Å². The number of aryl methyl sites for hydroxylation is 1. The Balaban J connectivity index is 2.21. The molecule has 0 saturated heterocycles. The molecule has 0 aliphatic heterocycles. The number of unbranched alkanes of at least 4 members (excludes halogenated alkanes) is 3. The highest BCUT2D eigenvalue weighted by Gasteiger charge is 1.96. The Bertz CT molecular complexity index is 255. The largest absolute Gasteiger partial charge is 0.285 e. The molecule has 14 heavy (non-hydrogen) atoms. The molecule has 0 bridgehead atoms. The number of rotatable bonds is 6. The molecule has 1 rings (SSSR count). The molecule has 77 valence electrons. The van der Waals surface area contributed by atoms with E-state index in [1.54, 1.807) is 0 Å². The van der Waals surface area contributed by atoms with Gasteiger partial charge in [0.2, 0.25) is 0 Å². The van der Waals surface area contributed by atoms with Crippen LogP contribution in [-0.2, 0) is 0 Å². The Hall–Kier alpha value is -0.980. The fourth-order valence-corrected chi connectivity index (χ4v) is 1.48. The lowest BCUT2D eigenvalue weighted by Gasteiger charge is -2.05. The molecule has 1 heteroatoms. The Morgan fingerprint density at radius 3 is 2.57 bits per heavy atom. The van der Waals surface area contributed by atoms with Gasteiger partial charge in [0.25, 0.3) is 0 Å². The third kappa shape index (κ3) is 3.82. The Labute approximate surface area is 87.5 Å². The van der Waals surface area contributed by atoms with Gasteiger partial charge in [0.05, 0.1) is 5.69 Å². The van der Waals surface area contributed by atoms with Gasteiger partial charge in [-0.05, 0) is 25.0 Å². The number of benzene rings is 1. The van der Waals surface area contributed by atoms with Crippen LogP contribution in [0.15, 0.2) is 24.3 Å². The molecule has 0 aliphatic rings. The second-order valence-corrected chi connectivity index (χ2v) is 3.73. The first-order chi connectivity index (χ1) is 6.84. The van der Waals surface area contributed by atoms with E-state index < -0.39 is 0 Å². The molecule has 0 saturated carbocycles. The molecule has 0 aliphatic carbocycles. The van der Waals surface area contributed by atoms with Gasteiger partial charge in [0.15, 0.2) is 0 Å². The number of hydrogen-bond donors (Lipinski definition) is 0. The Morgan fingerprint density at radius 2 is 1.86 bits per heavy atom. The summed E-state index contributed by atoms with van der Waals surface area (Å²) in [6, 6.07) is 8.32. The van der Waals surface area contributed by atoms with Crippen molar-refractivity contribution in [2.24, 2.45) is 0 Å². The highest BCUT2D eigenvalue weighted by atomic mass is 14.9. The number of para-hydroxylation sites is 1. The first-order valence-electron chi connectivity index (χ1n) is 5.57. The molecule has 0 fully saturated rings. The fourth-order valence-electron chi connectivity index (χ4n) is 1.48. The molecule has 1 aromatic rings. The predicted molar refractivity (Wildman–Crippen MR) is 62.0 cm³/mol. The lowest BCUT2D eigenvalue weighted by molar-refractivity contribution is 0.644. The Kier molecular flexibility index (Phi) is 5.13. The fraction of sp³-hybridized carbons (Fsp3) is 0.538. The maximum Gasteiger partial charge on any atom is 0.0603 e. The van der Waals surface area contributed by atoms with Crippen LogP contribution >= 0.6 is 0 Å². The van der Waals surface area contributed by atoms with Crippen molar-refractivity contribution in [1.82, 2.24) is 5.32 Å². The Morgan fingerprint density at radius 1 is 1.07 bits per heavy atom. The van der Waals surface area contributed by atoms with Crippen molar-refractivity contribution in [2.45, 2.75) is 39.5 Å². The van der Waals surface area contributed by atoms with Crippen LogP contribution in [0.25, 0.3) is 0 Å². The third-order valence-electron chi connectivity index (χ3n) is 2.41. The molecule has 0 heterocycles. The molecule has 0 amide bonds. The molecule has 1 radical (unpaired) electrons. The molecular formula is C13H20N. The molecule has 0 atom stereocenters. The van der Waals surface area contributed by atoms with Crippen molar-refractivity contribution in [3.63, 3.8) is 0 Å². The monoisotopic (exact) mass is 190 g/mol. The lowest BCUT2D eigenvalue weighted by Crippen LogP contribution is -2.01. The molecule has 1 nitrogen and oxygen atoms in total. The van der Waals surface area contributed by atoms with Gasteiger partial charge in [-0.1, -0.05) is 44.4 Å². The van der Waals surface area contributed by atoms with Crippen LogP contribution in [-0.4, -0.2) is 6.54 Å². The molecular weight excluding hydrogens is 170 g/mol. The van der Waals surface area contributed by atoms with Crippen LogP contribution in [0, 0.1) is 6.92 Å². The molecule has 1 aromatic carbocycles. The molecule has 0 N–H and O–H groups in total. The third-order valence-corrected chi connectivity index (χ3v) is 2.41. The summed E-state index contributed by atoms with van der Waals surface area (Å²) in [6.07, 6.45) is 5.17. The van der Waals surface area contributed by atoms with E-state index in [2.05, 4.69) is 43.4 Å². The van der Waals surface area contributed by atoms with E-state index in [0.29, 0.717) is 0 Å². The van der Waals surface area contributed by atoms with Crippen LogP contribution < -0.4 is 5.32 Å². The highest BCUT2D eigenvalue weighted by molar-refractivity contribution is 5.43. The predicted octanol–water partition coefficient (Wildman–Crippen LogP) is 3.81. The zero-order valence-electron chi connectivity index (χ0n) is 9.29. The highest BCUT2D eigenvalue weighted by Crippen LogP contribution is 2.13. The maximum atomic E-state index is 4.58. The van der Waals surface area contributed by atoms with Crippen molar-refractivity contribution in [3.05, 3.63) is 29.8 Å². The lowest BCUT2D eigenvalue weighted by atomic mass is 10.2. The molecule has 0 spiro atoms. The molecule has 0 unspecified atom stereocenters. The minimum absolute atomic E-state index is 0.977. The second kappa shape index (κ2) is 6.47. The zero-order valence-corrected chi connectivity index (χ0v) is 9.29. The number of hydrogen-bond acceptors (Lipinski definition) is 0. The average molecular weight is 190 g/mol. The van der Waals surface area contributed by atoms with Gasteiger partial charge >= 0.3 is 0 Å². The quantitative estimate of drug-likeness (QED) is 0.606. The average Bonchev–Trinajstić information content (AvgIpc) is 2.20. The smallest absolute Gasteiger partial charge is 0.0603 e. The first-order valence-corrected chi connectivity index (χ1v) is 5.57. The second-order valence-electron chi connectivity index (χ2n) is 3.73. The van der Waals surface area contributed by atoms with Gasteiger partial charge in [-0.2, -0.15) is 0 Å². The summed E-state index contributed by atoms with van der Waals surface area (Å²) in [6.45, 7) is 5.33. The SMILES string of the molecule is CCCCCC[N]c1ccccc1C. The van der Waals surface area contributed by atoms with Crippen molar-refractivity contribution < 1.29 is 0 Å². The summed E-state index contributed by atoms with van der Waals surface area (Å²) in [5.41, 5.74) is 2.44. The van der Waals surface area contributed by atoms with Crippen LogP contribution in [0.2, 0.25) is 0 Å². The summed E-state index contributed by atoms with van der Waals surface area (Å²) in [7, 11) is 0. The van der Waals surface area contributed by atoms with Crippen LogP contribution in [0.1, 0.15) is 38.2 Å². The van der Waals surface area contributed by atoms with Crippen LogP contribution in [0.5, 0.6) is 0 Å². The van der Waals surface area contributed by atoms with Crippen molar-refractivity contribution in [2.75, 3.05) is 6.54 Å². The van der Waals surface area contributed by atoms with Gasteiger partial charge in [-0.25, -0.2) is 0 Å². The van der Waals surface area contributed by atoms with Crippen molar-refractivity contribution in [3.8, 4) is 0 Å².